The number of halogens is 1. The van der Waals surface area contributed by atoms with E-state index in [1.54, 1.807) is 0 Å². The van der Waals surface area contributed by atoms with Gasteiger partial charge < -0.3 is 5.32 Å². The Morgan fingerprint density at radius 2 is 2.00 bits per heavy atom. The van der Waals surface area contributed by atoms with Gasteiger partial charge in [-0.3, -0.25) is 0 Å². The van der Waals surface area contributed by atoms with Crippen LogP contribution < -0.4 is 5.32 Å². The molecule has 19 heavy (non-hydrogen) atoms. The Labute approximate surface area is 133 Å². The van der Waals surface area contributed by atoms with Gasteiger partial charge in [0, 0.05) is 8.45 Å². The molecule has 0 saturated carbocycles. The lowest BCUT2D eigenvalue weighted by Crippen LogP contribution is -2.24. The van der Waals surface area contributed by atoms with E-state index in [0.29, 0.717) is 6.04 Å². The smallest absolute Gasteiger partial charge is 0.0684 e. The molecular weight excluding hydrogens is 365 g/mol. The highest BCUT2D eigenvalue weighted by atomic mass is 127. The van der Waals surface area contributed by atoms with E-state index in [1.165, 1.54) is 25.1 Å². The summed E-state index contributed by atoms with van der Waals surface area (Å²) >= 11 is 4.32. The third-order valence-corrected chi connectivity index (χ3v) is 5.85. The Bertz CT molecular complexity index is 547. The van der Waals surface area contributed by atoms with E-state index in [-0.39, 0.29) is 0 Å². The summed E-state index contributed by atoms with van der Waals surface area (Å²) in [5, 5.41) is 5.89. The first-order valence-electron chi connectivity index (χ1n) is 6.67. The highest BCUT2D eigenvalue weighted by Gasteiger charge is 2.19. The van der Waals surface area contributed by atoms with Gasteiger partial charge in [-0.05, 0) is 77.5 Å². The van der Waals surface area contributed by atoms with Crippen LogP contribution in [0.15, 0.2) is 29.6 Å². The monoisotopic (exact) mass is 385 g/mol. The molecule has 1 aromatic carbocycles. The quantitative estimate of drug-likeness (QED) is 0.710. The van der Waals surface area contributed by atoms with Crippen molar-refractivity contribution in [3.05, 3.63) is 54.8 Å². The fourth-order valence-electron chi connectivity index (χ4n) is 2.21. The van der Waals surface area contributed by atoms with Crippen molar-refractivity contribution >= 4 is 33.9 Å². The molecule has 2 rings (SSSR count). The van der Waals surface area contributed by atoms with Crippen LogP contribution in [0.2, 0.25) is 0 Å². The molecule has 0 amide bonds. The molecule has 0 aliphatic heterocycles. The van der Waals surface area contributed by atoms with Crippen molar-refractivity contribution in [2.75, 3.05) is 6.54 Å². The second kappa shape index (κ2) is 6.86. The predicted octanol–water partition coefficient (Wildman–Crippen LogP) is 5.06. The zero-order valence-corrected chi connectivity index (χ0v) is 14.6. The van der Waals surface area contributed by atoms with E-state index < -0.39 is 0 Å². The minimum absolute atomic E-state index is 0.326. The first kappa shape index (κ1) is 15.0. The summed E-state index contributed by atoms with van der Waals surface area (Å²) in [6.07, 6.45) is 1.16. The topological polar surface area (TPSA) is 12.0 Å². The van der Waals surface area contributed by atoms with Crippen LogP contribution in [-0.2, 0) is 0 Å². The van der Waals surface area contributed by atoms with E-state index in [2.05, 4.69) is 78.3 Å². The lowest BCUT2D eigenvalue weighted by molar-refractivity contribution is 0.601. The first-order valence-corrected chi connectivity index (χ1v) is 8.63. The van der Waals surface area contributed by atoms with Gasteiger partial charge in [0.2, 0.25) is 0 Å². The average molecular weight is 385 g/mol. The van der Waals surface area contributed by atoms with Crippen molar-refractivity contribution < 1.29 is 0 Å². The molecule has 0 saturated heterocycles. The molecular formula is C16H20INS. The molecule has 0 fully saturated rings. The maximum atomic E-state index is 3.70. The van der Waals surface area contributed by atoms with Gasteiger partial charge in [-0.25, -0.2) is 0 Å². The van der Waals surface area contributed by atoms with Gasteiger partial charge in [-0.15, -0.1) is 11.3 Å². The number of hydrogen-bond acceptors (Lipinski definition) is 2. The summed E-state index contributed by atoms with van der Waals surface area (Å²) in [7, 11) is 0. The van der Waals surface area contributed by atoms with E-state index in [1.807, 2.05) is 11.3 Å². The standard InChI is InChI=1S/C16H20INS/c1-4-9-18-15(16-12(3)8-10-19-16)13-7-5-6-11(2)14(13)17/h5-8,10,15,18H,4,9H2,1-3H3. The summed E-state index contributed by atoms with van der Waals surface area (Å²) in [6, 6.07) is 9.14. The lowest BCUT2D eigenvalue weighted by atomic mass is 10.0. The molecule has 1 N–H and O–H groups in total. The summed E-state index contributed by atoms with van der Waals surface area (Å²) in [4.78, 5) is 1.44. The van der Waals surface area contributed by atoms with Crippen LogP contribution in [0.3, 0.4) is 0 Å². The van der Waals surface area contributed by atoms with Crippen molar-refractivity contribution in [1.82, 2.24) is 5.32 Å². The first-order chi connectivity index (χ1) is 9.15. The number of thiophene rings is 1. The molecule has 2 aromatic rings. The van der Waals surface area contributed by atoms with Gasteiger partial charge in [0.15, 0.2) is 0 Å². The summed E-state index contributed by atoms with van der Waals surface area (Å²) in [5.74, 6) is 0. The maximum Gasteiger partial charge on any atom is 0.0684 e. The van der Waals surface area contributed by atoms with E-state index in [0.717, 1.165) is 13.0 Å². The summed E-state index contributed by atoms with van der Waals surface area (Å²) in [6.45, 7) is 7.65. The van der Waals surface area contributed by atoms with Crippen molar-refractivity contribution in [2.24, 2.45) is 0 Å². The second-order valence-corrected chi connectivity index (χ2v) is 6.86. The molecule has 1 atom stereocenters. The van der Waals surface area contributed by atoms with Crippen LogP contribution in [0.5, 0.6) is 0 Å². The molecule has 0 aliphatic rings. The zero-order valence-electron chi connectivity index (χ0n) is 11.7. The van der Waals surface area contributed by atoms with Crippen LogP contribution in [0.4, 0.5) is 0 Å². The number of hydrogen-bond donors (Lipinski definition) is 1. The number of aryl methyl sites for hydroxylation is 2. The Hall–Kier alpha value is -0.390. The summed E-state index contributed by atoms with van der Waals surface area (Å²) in [5.41, 5.74) is 4.14. The van der Waals surface area contributed by atoms with E-state index in [9.17, 15) is 0 Å². The Morgan fingerprint density at radius 3 is 2.63 bits per heavy atom. The van der Waals surface area contributed by atoms with Gasteiger partial charge in [0.05, 0.1) is 6.04 Å². The normalized spacial score (nSPS) is 12.6. The van der Waals surface area contributed by atoms with E-state index in [4.69, 9.17) is 0 Å². The Balaban J connectivity index is 2.43. The highest BCUT2D eigenvalue weighted by Crippen LogP contribution is 2.32. The fraction of sp³-hybridized carbons (Fsp3) is 0.375. The van der Waals surface area contributed by atoms with Crippen LogP contribution in [-0.4, -0.2) is 6.54 Å². The molecule has 0 spiro atoms. The highest BCUT2D eigenvalue weighted by molar-refractivity contribution is 14.1. The number of nitrogens with one attached hydrogen (secondary N) is 1. The zero-order chi connectivity index (χ0) is 13.8. The molecule has 1 unspecified atom stereocenters. The average Bonchev–Trinajstić information content (AvgIpc) is 2.81. The van der Waals surface area contributed by atoms with Crippen LogP contribution in [0, 0.1) is 17.4 Å². The lowest BCUT2D eigenvalue weighted by Gasteiger charge is -2.21. The molecule has 1 heterocycles. The predicted molar refractivity (Wildman–Crippen MR) is 93.1 cm³/mol. The molecule has 0 bridgehead atoms. The van der Waals surface area contributed by atoms with Gasteiger partial charge in [-0.2, -0.15) is 0 Å². The minimum atomic E-state index is 0.326. The van der Waals surface area contributed by atoms with E-state index >= 15 is 0 Å². The van der Waals surface area contributed by atoms with Gasteiger partial charge in [0.25, 0.3) is 0 Å². The Kier molecular flexibility index (Phi) is 5.42. The third-order valence-electron chi connectivity index (χ3n) is 3.30. The van der Waals surface area contributed by atoms with Crippen molar-refractivity contribution in [2.45, 2.75) is 33.2 Å². The van der Waals surface area contributed by atoms with Crippen LogP contribution >= 0.6 is 33.9 Å². The van der Waals surface area contributed by atoms with Gasteiger partial charge >= 0.3 is 0 Å². The molecule has 1 nitrogen and oxygen atoms in total. The minimum Gasteiger partial charge on any atom is -0.306 e. The summed E-state index contributed by atoms with van der Waals surface area (Å²) < 4.78 is 1.38. The molecule has 0 radical (unpaired) electrons. The molecule has 102 valence electrons. The van der Waals surface area contributed by atoms with Crippen molar-refractivity contribution in [1.29, 1.82) is 0 Å². The fourth-order valence-corrected chi connectivity index (χ4v) is 3.90. The molecule has 3 heteroatoms. The molecule has 1 aromatic heterocycles. The number of benzene rings is 1. The number of rotatable bonds is 5. The maximum absolute atomic E-state index is 3.70. The van der Waals surface area contributed by atoms with Crippen molar-refractivity contribution in [3.8, 4) is 0 Å². The largest absolute Gasteiger partial charge is 0.306 e. The van der Waals surface area contributed by atoms with Crippen molar-refractivity contribution in [3.63, 3.8) is 0 Å². The molecule has 0 aliphatic carbocycles. The van der Waals surface area contributed by atoms with Gasteiger partial charge in [0.1, 0.15) is 0 Å². The SMILES string of the molecule is CCCNC(c1cccc(C)c1I)c1sccc1C. The van der Waals surface area contributed by atoms with Crippen LogP contribution in [0.1, 0.15) is 41.0 Å². The third kappa shape index (κ3) is 3.38. The second-order valence-electron chi connectivity index (χ2n) is 4.83. The van der Waals surface area contributed by atoms with Crippen LogP contribution in [0.25, 0.3) is 0 Å². The Morgan fingerprint density at radius 1 is 1.21 bits per heavy atom. The van der Waals surface area contributed by atoms with Gasteiger partial charge in [-0.1, -0.05) is 25.1 Å².